The van der Waals surface area contributed by atoms with E-state index in [1.54, 1.807) is 13.2 Å². The summed E-state index contributed by atoms with van der Waals surface area (Å²) in [5, 5.41) is 8.11. The summed E-state index contributed by atoms with van der Waals surface area (Å²) in [7, 11) is 0. The summed E-state index contributed by atoms with van der Waals surface area (Å²) in [5.74, 6) is 0.360. The number of furan rings is 1. The van der Waals surface area contributed by atoms with Gasteiger partial charge >= 0.3 is 6.03 Å². The Balaban J connectivity index is 1.83. The minimum absolute atomic E-state index is 0.395. The molecule has 1 aromatic heterocycles. The Hall–Kier alpha value is -2.80. The quantitative estimate of drug-likeness (QED) is 0.691. The SMILES string of the molecule is C[C@@H](Nc1cccc(COCc2ccco2)c1)C(=O)NC(=O)NC(C)(C)C. The number of rotatable bonds is 7. The predicted molar refractivity (Wildman–Crippen MR) is 103 cm³/mol. The van der Waals surface area contributed by atoms with Crippen LogP contribution in [0.15, 0.2) is 47.1 Å². The van der Waals surface area contributed by atoms with E-state index < -0.39 is 23.5 Å². The van der Waals surface area contributed by atoms with Crippen LogP contribution in [-0.2, 0) is 22.7 Å². The van der Waals surface area contributed by atoms with Gasteiger partial charge in [-0.2, -0.15) is 0 Å². The number of amides is 3. The molecule has 0 spiro atoms. The molecular weight excluding hydrogens is 346 g/mol. The largest absolute Gasteiger partial charge is 0.467 e. The first-order valence-corrected chi connectivity index (χ1v) is 8.81. The number of anilines is 1. The van der Waals surface area contributed by atoms with Crippen molar-refractivity contribution in [2.75, 3.05) is 5.32 Å². The Bertz CT molecular complexity index is 751. The molecule has 7 heteroatoms. The topological polar surface area (TPSA) is 92.6 Å². The van der Waals surface area contributed by atoms with Gasteiger partial charge in [0.15, 0.2) is 0 Å². The Kier molecular flexibility index (Phi) is 7.01. The number of carbonyl (C=O) groups is 2. The molecule has 2 aromatic rings. The molecule has 0 bridgehead atoms. The lowest BCUT2D eigenvalue weighted by atomic mass is 10.1. The highest BCUT2D eigenvalue weighted by Gasteiger charge is 2.19. The Morgan fingerprint density at radius 1 is 1.15 bits per heavy atom. The zero-order valence-corrected chi connectivity index (χ0v) is 16.2. The number of imide groups is 1. The van der Waals surface area contributed by atoms with Crippen molar-refractivity contribution in [3.8, 4) is 0 Å². The molecule has 3 amide bonds. The first-order valence-electron chi connectivity index (χ1n) is 8.81. The van der Waals surface area contributed by atoms with E-state index >= 15 is 0 Å². The van der Waals surface area contributed by atoms with Crippen LogP contribution in [0.2, 0.25) is 0 Å². The Morgan fingerprint density at radius 2 is 1.93 bits per heavy atom. The maximum absolute atomic E-state index is 12.2. The molecule has 0 saturated carbocycles. The molecule has 0 aliphatic carbocycles. The molecule has 2 rings (SSSR count). The van der Waals surface area contributed by atoms with Crippen LogP contribution >= 0.6 is 0 Å². The van der Waals surface area contributed by atoms with Gasteiger partial charge in [0.1, 0.15) is 18.4 Å². The van der Waals surface area contributed by atoms with Crippen molar-refractivity contribution in [1.82, 2.24) is 10.6 Å². The monoisotopic (exact) mass is 373 g/mol. The second-order valence-electron chi connectivity index (χ2n) is 7.33. The maximum Gasteiger partial charge on any atom is 0.321 e. The van der Waals surface area contributed by atoms with Crippen LogP contribution in [0.5, 0.6) is 0 Å². The number of ether oxygens (including phenoxy) is 1. The van der Waals surface area contributed by atoms with Gasteiger partial charge in [-0.15, -0.1) is 0 Å². The Morgan fingerprint density at radius 3 is 2.59 bits per heavy atom. The number of carbonyl (C=O) groups excluding carboxylic acids is 2. The van der Waals surface area contributed by atoms with Gasteiger partial charge in [-0.05, 0) is 57.5 Å². The third-order valence-corrected chi connectivity index (χ3v) is 3.52. The number of nitrogens with one attached hydrogen (secondary N) is 3. The molecule has 1 heterocycles. The van der Waals surface area contributed by atoms with E-state index in [0.717, 1.165) is 17.0 Å². The molecule has 0 radical (unpaired) electrons. The molecule has 3 N–H and O–H groups in total. The summed E-state index contributed by atoms with van der Waals surface area (Å²) in [4.78, 5) is 24.0. The van der Waals surface area contributed by atoms with E-state index in [0.29, 0.717) is 13.2 Å². The van der Waals surface area contributed by atoms with Crippen molar-refractivity contribution in [3.05, 3.63) is 54.0 Å². The van der Waals surface area contributed by atoms with Gasteiger partial charge in [0, 0.05) is 11.2 Å². The molecule has 0 aliphatic rings. The van der Waals surface area contributed by atoms with Gasteiger partial charge in [0.2, 0.25) is 5.91 Å². The normalized spacial score (nSPS) is 12.3. The fraction of sp³-hybridized carbons (Fsp3) is 0.400. The average molecular weight is 373 g/mol. The van der Waals surface area contributed by atoms with Crippen LogP contribution in [0.3, 0.4) is 0 Å². The zero-order chi connectivity index (χ0) is 19.9. The first kappa shape index (κ1) is 20.5. The second kappa shape index (κ2) is 9.23. The highest BCUT2D eigenvalue weighted by Crippen LogP contribution is 2.14. The van der Waals surface area contributed by atoms with Gasteiger partial charge in [-0.25, -0.2) is 4.79 Å². The van der Waals surface area contributed by atoms with Crippen molar-refractivity contribution in [1.29, 1.82) is 0 Å². The lowest BCUT2D eigenvalue weighted by molar-refractivity contribution is -0.120. The zero-order valence-electron chi connectivity index (χ0n) is 16.2. The highest BCUT2D eigenvalue weighted by atomic mass is 16.5. The minimum atomic E-state index is -0.574. The van der Waals surface area contributed by atoms with Gasteiger partial charge in [0.25, 0.3) is 0 Å². The van der Waals surface area contributed by atoms with Crippen LogP contribution < -0.4 is 16.0 Å². The minimum Gasteiger partial charge on any atom is -0.467 e. The van der Waals surface area contributed by atoms with E-state index in [1.807, 2.05) is 57.2 Å². The van der Waals surface area contributed by atoms with Gasteiger partial charge in [0.05, 0.1) is 12.9 Å². The molecule has 0 saturated heterocycles. The fourth-order valence-corrected chi connectivity index (χ4v) is 2.32. The molecule has 0 unspecified atom stereocenters. The molecule has 7 nitrogen and oxygen atoms in total. The van der Waals surface area contributed by atoms with Crippen LogP contribution in [0.1, 0.15) is 39.0 Å². The summed E-state index contributed by atoms with van der Waals surface area (Å²) in [5.41, 5.74) is 1.32. The van der Waals surface area contributed by atoms with Crippen molar-refractivity contribution in [2.45, 2.75) is 52.5 Å². The number of benzene rings is 1. The van der Waals surface area contributed by atoms with E-state index in [1.165, 1.54) is 0 Å². The smallest absolute Gasteiger partial charge is 0.321 e. The number of hydrogen-bond acceptors (Lipinski definition) is 5. The van der Waals surface area contributed by atoms with Crippen LogP contribution in [0, 0.1) is 0 Å². The molecule has 146 valence electrons. The van der Waals surface area contributed by atoms with Crippen LogP contribution in [-0.4, -0.2) is 23.5 Å². The van der Waals surface area contributed by atoms with Crippen LogP contribution in [0.4, 0.5) is 10.5 Å². The van der Waals surface area contributed by atoms with Crippen molar-refractivity contribution >= 4 is 17.6 Å². The third-order valence-electron chi connectivity index (χ3n) is 3.52. The predicted octanol–water partition coefficient (Wildman–Crippen LogP) is 3.42. The fourth-order valence-electron chi connectivity index (χ4n) is 2.32. The van der Waals surface area contributed by atoms with Crippen molar-refractivity contribution in [2.24, 2.45) is 0 Å². The molecule has 0 fully saturated rings. The first-order chi connectivity index (χ1) is 12.7. The molecule has 1 atom stereocenters. The van der Waals surface area contributed by atoms with Gasteiger partial charge in [-0.3, -0.25) is 10.1 Å². The average Bonchev–Trinajstić information content (AvgIpc) is 3.06. The summed E-state index contributed by atoms with van der Waals surface area (Å²) >= 11 is 0. The van der Waals surface area contributed by atoms with Crippen LogP contribution in [0.25, 0.3) is 0 Å². The molecule has 1 aromatic carbocycles. The maximum atomic E-state index is 12.2. The van der Waals surface area contributed by atoms with Crippen molar-refractivity contribution in [3.63, 3.8) is 0 Å². The lowest BCUT2D eigenvalue weighted by Crippen LogP contribution is -2.51. The Labute approximate surface area is 159 Å². The lowest BCUT2D eigenvalue weighted by Gasteiger charge is -2.21. The third kappa shape index (κ3) is 7.53. The summed E-state index contributed by atoms with van der Waals surface area (Å²) < 4.78 is 10.8. The van der Waals surface area contributed by atoms with Crippen molar-refractivity contribution < 1.29 is 18.7 Å². The van der Waals surface area contributed by atoms with Gasteiger partial charge < -0.3 is 19.8 Å². The standard InChI is InChI=1S/C20H27N3O4/c1-14(18(24)22-19(25)23-20(2,3)4)21-16-8-5-7-15(11-16)12-26-13-17-9-6-10-27-17/h5-11,14,21H,12-13H2,1-4H3,(H2,22,23,24,25)/t14-/m1/s1. The summed E-state index contributed by atoms with van der Waals surface area (Å²) in [6.07, 6.45) is 1.61. The summed E-state index contributed by atoms with van der Waals surface area (Å²) in [6, 6.07) is 10.2. The second-order valence-corrected chi connectivity index (χ2v) is 7.33. The van der Waals surface area contributed by atoms with E-state index in [-0.39, 0.29) is 0 Å². The highest BCUT2D eigenvalue weighted by molar-refractivity contribution is 5.98. The molecular formula is C20H27N3O4. The summed E-state index contributed by atoms with van der Waals surface area (Å²) in [6.45, 7) is 8.05. The van der Waals surface area contributed by atoms with E-state index in [9.17, 15) is 9.59 Å². The molecule has 0 aliphatic heterocycles. The van der Waals surface area contributed by atoms with E-state index in [2.05, 4.69) is 16.0 Å². The van der Waals surface area contributed by atoms with Gasteiger partial charge in [-0.1, -0.05) is 12.1 Å². The number of hydrogen-bond donors (Lipinski definition) is 3. The number of urea groups is 1. The molecule has 27 heavy (non-hydrogen) atoms. The van der Waals surface area contributed by atoms with E-state index in [4.69, 9.17) is 9.15 Å².